The van der Waals surface area contributed by atoms with Gasteiger partial charge in [-0.05, 0) is 52.4 Å². The van der Waals surface area contributed by atoms with Gasteiger partial charge in [0.25, 0.3) is 5.91 Å². The molecule has 0 aliphatic heterocycles. The van der Waals surface area contributed by atoms with Gasteiger partial charge < -0.3 is 5.32 Å². The predicted octanol–water partition coefficient (Wildman–Crippen LogP) is 2.33. The zero-order valence-corrected chi connectivity index (χ0v) is 10.0. The van der Waals surface area contributed by atoms with Gasteiger partial charge in [-0.2, -0.15) is 0 Å². The van der Waals surface area contributed by atoms with E-state index >= 15 is 0 Å². The highest BCUT2D eigenvalue weighted by atomic mass is 127. The van der Waals surface area contributed by atoms with Gasteiger partial charge in [0.05, 0.1) is 0 Å². The molecule has 5 nitrogen and oxygen atoms in total. The van der Waals surface area contributed by atoms with Gasteiger partial charge in [-0.3, -0.25) is 4.79 Å². The van der Waals surface area contributed by atoms with Crippen molar-refractivity contribution in [3.8, 4) is 0 Å². The maximum Gasteiger partial charge on any atom is 0.251 e. The van der Waals surface area contributed by atoms with E-state index in [0.717, 1.165) is 3.57 Å². The fourth-order valence-electron chi connectivity index (χ4n) is 0.967. The number of carbonyl (C=O) groups is 1. The third-order valence-electron chi connectivity index (χ3n) is 1.67. The van der Waals surface area contributed by atoms with Crippen molar-refractivity contribution in [3.63, 3.8) is 0 Å². The largest absolute Gasteiger partial charge is 0.352 e. The first-order valence-corrected chi connectivity index (χ1v) is 5.36. The molecule has 0 unspecified atom stereocenters. The molecule has 1 amide bonds. The van der Waals surface area contributed by atoms with Crippen LogP contribution in [0.2, 0.25) is 0 Å². The number of benzene rings is 1. The Balaban J connectivity index is 2.46. The van der Waals surface area contributed by atoms with Crippen molar-refractivity contribution in [2.75, 3.05) is 13.1 Å². The van der Waals surface area contributed by atoms with Crippen LogP contribution in [0.1, 0.15) is 10.4 Å². The first-order valence-electron chi connectivity index (χ1n) is 4.28. The minimum absolute atomic E-state index is 0.153. The van der Waals surface area contributed by atoms with E-state index in [2.05, 4.69) is 37.9 Å². The van der Waals surface area contributed by atoms with Gasteiger partial charge >= 0.3 is 0 Å². The van der Waals surface area contributed by atoms with Crippen LogP contribution >= 0.6 is 22.6 Å². The zero-order valence-electron chi connectivity index (χ0n) is 7.85. The lowest BCUT2D eigenvalue weighted by atomic mass is 10.2. The number of hydrogen-bond donors (Lipinski definition) is 1. The number of nitrogens with zero attached hydrogens (tertiary/aromatic N) is 3. The number of amides is 1. The maximum atomic E-state index is 11.5. The Labute approximate surface area is 101 Å². The fraction of sp³-hybridized carbons (Fsp3) is 0.222. The van der Waals surface area contributed by atoms with E-state index in [9.17, 15) is 4.79 Å². The summed E-state index contributed by atoms with van der Waals surface area (Å²) < 4.78 is 1.08. The quantitative estimate of drug-likeness (QED) is 0.299. The van der Waals surface area contributed by atoms with E-state index in [1.54, 1.807) is 12.1 Å². The van der Waals surface area contributed by atoms with E-state index in [1.165, 1.54) is 0 Å². The van der Waals surface area contributed by atoms with Gasteiger partial charge in [-0.25, -0.2) is 0 Å². The number of hydrogen-bond acceptors (Lipinski definition) is 2. The van der Waals surface area contributed by atoms with Crippen molar-refractivity contribution < 1.29 is 4.79 Å². The van der Waals surface area contributed by atoms with Gasteiger partial charge in [0, 0.05) is 27.1 Å². The van der Waals surface area contributed by atoms with Crippen LogP contribution in [-0.4, -0.2) is 19.0 Å². The van der Waals surface area contributed by atoms with Crippen LogP contribution in [0.25, 0.3) is 10.4 Å². The second-order valence-electron chi connectivity index (χ2n) is 2.72. The van der Waals surface area contributed by atoms with Crippen LogP contribution in [0.3, 0.4) is 0 Å². The summed E-state index contributed by atoms with van der Waals surface area (Å²) in [6.45, 7) is 0.626. The molecule has 0 atom stereocenters. The number of rotatable bonds is 4. The molecule has 0 aliphatic rings. The lowest BCUT2D eigenvalue weighted by Crippen LogP contribution is -2.25. The van der Waals surface area contributed by atoms with Crippen molar-refractivity contribution in [2.45, 2.75) is 0 Å². The van der Waals surface area contributed by atoms with Gasteiger partial charge in [0.1, 0.15) is 0 Å². The predicted molar refractivity (Wildman–Crippen MR) is 65.5 cm³/mol. The molecule has 1 aromatic carbocycles. The molecule has 0 aliphatic carbocycles. The third-order valence-corrected chi connectivity index (χ3v) is 2.39. The molecule has 6 heteroatoms. The van der Waals surface area contributed by atoms with Crippen molar-refractivity contribution in [1.82, 2.24) is 5.32 Å². The van der Waals surface area contributed by atoms with Gasteiger partial charge in [0.15, 0.2) is 0 Å². The molecule has 0 heterocycles. The van der Waals surface area contributed by atoms with Gasteiger partial charge in [-0.1, -0.05) is 5.11 Å². The lowest BCUT2D eigenvalue weighted by Gasteiger charge is -2.02. The Bertz CT molecular complexity index is 384. The molecule has 1 rings (SSSR count). The monoisotopic (exact) mass is 316 g/mol. The smallest absolute Gasteiger partial charge is 0.251 e. The van der Waals surface area contributed by atoms with Crippen molar-refractivity contribution >= 4 is 28.5 Å². The Hall–Kier alpha value is -1.27. The van der Waals surface area contributed by atoms with Gasteiger partial charge in [-0.15, -0.1) is 0 Å². The van der Waals surface area contributed by atoms with Crippen LogP contribution < -0.4 is 5.32 Å². The normalized spacial score (nSPS) is 9.13. The molecule has 0 fully saturated rings. The molecule has 0 spiro atoms. The Morgan fingerprint density at radius 1 is 1.47 bits per heavy atom. The third kappa shape index (κ3) is 4.18. The molecule has 15 heavy (non-hydrogen) atoms. The second-order valence-corrected chi connectivity index (χ2v) is 3.96. The van der Waals surface area contributed by atoms with E-state index in [4.69, 9.17) is 5.53 Å². The standard InChI is InChI=1S/C9H9IN4O/c10-8-3-1-7(2-4-8)9(15)12-5-6-13-14-11/h1-4H,5-6H2,(H,12,15). The van der Waals surface area contributed by atoms with Crippen LogP contribution in [0.15, 0.2) is 29.4 Å². The summed E-state index contributed by atoms with van der Waals surface area (Å²) in [5.41, 5.74) is 8.63. The lowest BCUT2D eigenvalue weighted by molar-refractivity contribution is 0.0955. The topological polar surface area (TPSA) is 77.9 Å². The average Bonchev–Trinajstić information content (AvgIpc) is 2.25. The summed E-state index contributed by atoms with van der Waals surface area (Å²) in [5.74, 6) is -0.153. The van der Waals surface area contributed by atoms with E-state index in [-0.39, 0.29) is 12.5 Å². The molecule has 1 N–H and O–H groups in total. The van der Waals surface area contributed by atoms with Crippen LogP contribution in [0.4, 0.5) is 0 Å². The number of halogens is 1. The van der Waals surface area contributed by atoms with Crippen LogP contribution in [0.5, 0.6) is 0 Å². The molecular formula is C9H9IN4O. The van der Waals surface area contributed by atoms with E-state index < -0.39 is 0 Å². The molecule has 0 saturated carbocycles. The number of carbonyl (C=O) groups excluding carboxylic acids is 1. The molecule has 0 saturated heterocycles. The first-order chi connectivity index (χ1) is 7.24. The molecule has 0 bridgehead atoms. The minimum Gasteiger partial charge on any atom is -0.352 e. The average molecular weight is 316 g/mol. The molecule has 78 valence electrons. The van der Waals surface area contributed by atoms with Crippen molar-refractivity contribution in [2.24, 2.45) is 5.11 Å². The van der Waals surface area contributed by atoms with Gasteiger partial charge in [0.2, 0.25) is 0 Å². The molecule has 1 aromatic rings. The summed E-state index contributed by atoms with van der Waals surface area (Å²) in [6, 6.07) is 7.24. The summed E-state index contributed by atoms with van der Waals surface area (Å²) in [6.07, 6.45) is 0. The maximum absolute atomic E-state index is 11.5. The molecule has 0 aromatic heterocycles. The highest BCUT2D eigenvalue weighted by molar-refractivity contribution is 14.1. The summed E-state index contributed by atoms with van der Waals surface area (Å²) in [5, 5.41) is 5.96. The van der Waals surface area contributed by atoms with E-state index in [0.29, 0.717) is 12.1 Å². The molecule has 0 radical (unpaired) electrons. The summed E-state index contributed by atoms with van der Waals surface area (Å²) in [7, 11) is 0. The van der Waals surface area contributed by atoms with E-state index in [1.807, 2.05) is 12.1 Å². The Kier molecular flexibility index (Phi) is 4.92. The highest BCUT2D eigenvalue weighted by Gasteiger charge is 2.02. The number of azide groups is 1. The first kappa shape index (κ1) is 11.8. The van der Waals surface area contributed by atoms with Crippen LogP contribution in [0, 0.1) is 3.57 Å². The highest BCUT2D eigenvalue weighted by Crippen LogP contribution is 2.06. The number of nitrogens with one attached hydrogen (secondary N) is 1. The zero-order chi connectivity index (χ0) is 11.1. The summed E-state index contributed by atoms with van der Waals surface area (Å²) >= 11 is 2.17. The Morgan fingerprint density at radius 2 is 2.13 bits per heavy atom. The Morgan fingerprint density at radius 3 is 2.73 bits per heavy atom. The SMILES string of the molecule is [N-]=[N+]=NCCNC(=O)c1ccc(I)cc1. The summed E-state index contributed by atoms with van der Waals surface area (Å²) in [4.78, 5) is 14.1. The fourth-order valence-corrected chi connectivity index (χ4v) is 1.33. The van der Waals surface area contributed by atoms with Crippen LogP contribution in [-0.2, 0) is 0 Å². The molecular weight excluding hydrogens is 307 g/mol. The van der Waals surface area contributed by atoms with Crippen molar-refractivity contribution in [1.29, 1.82) is 0 Å². The second kappa shape index (κ2) is 6.26. The minimum atomic E-state index is -0.153. The van der Waals surface area contributed by atoms with Crippen molar-refractivity contribution in [3.05, 3.63) is 43.8 Å².